The summed E-state index contributed by atoms with van der Waals surface area (Å²) in [6.45, 7) is 2.74. The molecule has 0 aromatic heterocycles. The third-order valence-electron chi connectivity index (χ3n) is 2.47. The molecule has 0 amide bonds. The Balaban J connectivity index is 2.09. The maximum Gasteiger partial charge on any atom is 0.132 e. The summed E-state index contributed by atoms with van der Waals surface area (Å²) in [5.74, 6) is 0.866. The van der Waals surface area contributed by atoms with Crippen LogP contribution in [0.15, 0.2) is 48.5 Å². The zero-order valence-electron chi connectivity index (χ0n) is 10.2. The minimum Gasteiger partial charge on any atom is -0.457 e. The van der Waals surface area contributed by atoms with Crippen LogP contribution in [0.25, 0.3) is 0 Å². The van der Waals surface area contributed by atoms with Crippen LogP contribution in [0.3, 0.4) is 0 Å². The molecule has 18 heavy (non-hydrogen) atoms. The molecule has 2 aromatic rings. The summed E-state index contributed by atoms with van der Waals surface area (Å²) >= 11 is 0. The zero-order valence-corrected chi connectivity index (χ0v) is 10.2. The highest BCUT2D eigenvalue weighted by atomic mass is 19.1. The first kappa shape index (κ1) is 12.6. The molecule has 0 saturated carbocycles. The molecule has 3 heteroatoms. The fourth-order valence-corrected chi connectivity index (χ4v) is 1.55. The first-order chi connectivity index (χ1) is 8.79. The molecule has 0 radical (unpaired) electrons. The number of benzene rings is 2. The summed E-state index contributed by atoms with van der Waals surface area (Å²) in [5, 5.41) is 0. The Bertz CT molecular complexity index is 497. The van der Waals surface area contributed by atoms with Crippen molar-refractivity contribution < 1.29 is 13.9 Å². The van der Waals surface area contributed by atoms with Gasteiger partial charge < -0.3 is 9.47 Å². The van der Waals surface area contributed by atoms with Crippen molar-refractivity contribution in [2.75, 3.05) is 6.61 Å². The molecule has 0 aliphatic carbocycles. The van der Waals surface area contributed by atoms with E-state index in [0.717, 1.165) is 0 Å². The van der Waals surface area contributed by atoms with E-state index >= 15 is 0 Å². The van der Waals surface area contributed by atoms with Gasteiger partial charge in [0.05, 0.1) is 6.61 Å². The van der Waals surface area contributed by atoms with Gasteiger partial charge in [0.1, 0.15) is 17.3 Å². The van der Waals surface area contributed by atoms with E-state index in [1.165, 1.54) is 6.07 Å². The predicted octanol–water partition coefficient (Wildman–Crippen LogP) is 4.15. The number of para-hydroxylation sites is 1. The molecule has 0 atom stereocenters. The standard InChI is InChI=1S/C15H15FO2/c1-2-17-11-12-8-9-14(10-15(12)16)18-13-6-4-3-5-7-13/h3-10H,2,11H2,1H3. The van der Waals surface area contributed by atoms with E-state index in [1.807, 2.05) is 37.3 Å². The third kappa shape index (κ3) is 3.31. The third-order valence-corrected chi connectivity index (χ3v) is 2.47. The van der Waals surface area contributed by atoms with Crippen LogP contribution in [-0.4, -0.2) is 6.61 Å². The molecule has 0 aliphatic heterocycles. The summed E-state index contributed by atoms with van der Waals surface area (Å²) in [6.07, 6.45) is 0. The van der Waals surface area contributed by atoms with E-state index < -0.39 is 0 Å². The molecule has 2 rings (SSSR count). The number of hydrogen-bond donors (Lipinski definition) is 0. The van der Waals surface area contributed by atoms with Gasteiger partial charge >= 0.3 is 0 Å². The topological polar surface area (TPSA) is 18.5 Å². The normalized spacial score (nSPS) is 10.3. The minimum atomic E-state index is -0.308. The number of rotatable bonds is 5. The van der Waals surface area contributed by atoms with Crippen molar-refractivity contribution in [3.05, 3.63) is 59.9 Å². The van der Waals surface area contributed by atoms with Gasteiger partial charge in [-0.1, -0.05) is 24.3 Å². The Labute approximate surface area is 106 Å². The van der Waals surface area contributed by atoms with Crippen LogP contribution >= 0.6 is 0 Å². The van der Waals surface area contributed by atoms with Crippen LogP contribution in [0.4, 0.5) is 4.39 Å². The SMILES string of the molecule is CCOCc1ccc(Oc2ccccc2)cc1F. The maximum atomic E-state index is 13.7. The molecule has 0 unspecified atom stereocenters. The predicted molar refractivity (Wildman–Crippen MR) is 68.2 cm³/mol. The summed E-state index contributed by atoms with van der Waals surface area (Å²) < 4.78 is 24.4. The van der Waals surface area contributed by atoms with Crippen LogP contribution in [0.1, 0.15) is 12.5 Å². The first-order valence-electron chi connectivity index (χ1n) is 5.88. The summed E-state index contributed by atoms with van der Waals surface area (Å²) in [6, 6.07) is 14.1. The summed E-state index contributed by atoms with van der Waals surface area (Å²) in [5.41, 5.74) is 0.539. The van der Waals surface area contributed by atoms with Crippen molar-refractivity contribution in [1.29, 1.82) is 0 Å². The molecular formula is C15H15FO2. The minimum absolute atomic E-state index is 0.286. The lowest BCUT2D eigenvalue weighted by Gasteiger charge is -2.08. The van der Waals surface area contributed by atoms with Crippen molar-refractivity contribution >= 4 is 0 Å². The molecule has 2 nitrogen and oxygen atoms in total. The summed E-state index contributed by atoms with van der Waals surface area (Å²) in [7, 11) is 0. The second-order valence-electron chi connectivity index (χ2n) is 3.81. The lowest BCUT2D eigenvalue weighted by Crippen LogP contribution is -1.96. The average Bonchev–Trinajstić information content (AvgIpc) is 2.39. The van der Waals surface area contributed by atoms with Crippen LogP contribution in [0.5, 0.6) is 11.5 Å². The number of hydrogen-bond acceptors (Lipinski definition) is 2. The lowest BCUT2D eigenvalue weighted by atomic mass is 10.2. The second kappa shape index (κ2) is 6.17. The Morgan fingerprint density at radius 1 is 1.00 bits per heavy atom. The smallest absolute Gasteiger partial charge is 0.132 e. The Hall–Kier alpha value is -1.87. The van der Waals surface area contributed by atoms with Crippen molar-refractivity contribution in [1.82, 2.24) is 0 Å². The van der Waals surface area contributed by atoms with E-state index in [9.17, 15) is 4.39 Å². The van der Waals surface area contributed by atoms with E-state index in [2.05, 4.69) is 0 Å². The van der Waals surface area contributed by atoms with Gasteiger partial charge in [0.2, 0.25) is 0 Å². The van der Waals surface area contributed by atoms with Crippen molar-refractivity contribution in [2.45, 2.75) is 13.5 Å². The van der Waals surface area contributed by atoms with Gasteiger partial charge in [-0.05, 0) is 25.1 Å². The highest BCUT2D eigenvalue weighted by Crippen LogP contribution is 2.23. The quantitative estimate of drug-likeness (QED) is 0.788. The fraction of sp³-hybridized carbons (Fsp3) is 0.200. The zero-order chi connectivity index (χ0) is 12.8. The molecule has 0 bridgehead atoms. The van der Waals surface area contributed by atoms with E-state index in [-0.39, 0.29) is 12.4 Å². The van der Waals surface area contributed by atoms with Gasteiger partial charge in [0.15, 0.2) is 0 Å². The molecule has 0 aliphatic rings. The highest BCUT2D eigenvalue weighted by Gasteiger charge is 2.05. The fourth-order valence-electron chi connectivity index (χ4n) is 1.55. The molecule has 0 spiro atoms. The number of halogens is 1. The average molecular weight is 246 g/mol. The first-order valence-corrected chi connectivity index (χ1v) is 5.88. The van der Waals surface area contributed by atoms with Crippen LogP contribution < -0.4 is 4.74 Å². The molecular weight excluding hydrogens is 231 g/mol. The second-order valence-corrected chi connectivity index (χ2v) is 3.81. The van der Waals surface area contributed by atoms with Gasteiger partial charge in [0, 0.05) is 18.2 Å². The van der Waals surface area contributed by atoms with Crippen LogP contribution in [-0.2, 0) is 11.3 Å². The molecule has 0 N–H and O–H groups in total. The lowest BCUT2D eigenvalue weighted by molar-refractivity contribution is 0.131. The molecule has 0 fully saturated rings. The highest BCUT2D eigenvalue weighted by molar-refractivity contribution is 5.33. The maximum absolute atomic E-state index is 13.7. The van der Waals surface area contributed by atoms with E-state index in [4.69, 9.17) is 9.47 Å². The van der Waals surface area contributed by atoms with Gasteiger partial charge in [-0.15, -0.1) is 0 Å². The van der Waals surface area contributed by atoms with Crippen LogP contribution in [0.2, 0.25) is 0 Å². The van der Waals surface area contributed by atoms with Gasteiger partial charge in [-0.3, -0.25) is 0 Å². The molecule has 94 valence electrons. The molecule has 0 saturated heterocycles. The van der Waals surface area contributed by atoms with E-state index in [1.54, 1.807) is 12.1 Å². The van der Waals surface area contributed by atoms with Crippen molar-refractivity contribution in [3.63, 3.8) is 0 Å². The Morgan fingerprint density at radius 2 is 1.78 bits per heavy atom. The summed E-state index contributed by atoms with van der Waals surface area (Å²) in [4.78, 5) is 0. The number of ether oxygens (including phenoxy) is 2. The Kier molecular flexibility index (Phi) is 4.31. The largest absolute Gasteiger partial charge is 0.457 e. The van der Waals surface area contributed by atoms with Gasteiger partial charge in [0.25, 0.3) is 0 Å². The van der Waals surface area contributed by atoms with Crippen molar-refractivity contribution in [3.8, 4) is 11.5 Å². The molecule has 2 aromatic carbocycles. The van der Waals surface area contributed by atoms with E-state index in [0.29, 0.717) is 23.7 Å². The Morgan fingerprint density at radius 3 is 2.44 bits per heavy atom. The van der Waals surface area contributed by atoms with Gasteiger partial charge in [-0.2, -0.15) is 0 Å². The van der Waals surface area contributed by atoms with Gasteiger partial charge in [-0.25, -0.2) is 4.39 Å². The molecule has 0 heterocycles. The van der Waals surface area contributed by atoms with Crippen LogP contribution in [0, 0.1) is 5.82 Å². The monoisotopic (exact) mass is 246 g/mol. The van der Waals surface area contributed by atoms with Crippen molar-refractivity contribution in [2.24, 2.45) is 0 Å².